The fourth-order valence-electron chi connectivity index (χ4n) is 4.44. The molecule has 4 heteroatoms. The van der Waals surface area contributed by atoms with Crippen molar-refractivity contribution in [1.29, 1.82) is 0 Å². The van der Waals surface area contributed by atoms with Gasteiger partial charge >= 0.3 is 5.97 Å². The first-order chi connectivity index (χ1) is 10.1. The van der Waals surface area contributed by atoms with Gasteiger partial charge in [-0.15, -0.1) is 0 Å². The number of aliphatic carboxylic acids is 1. The number of benzene rings is 1. The normalized spacial score (nSPS) is 34.1. The van der Waals surface area contributed by atoms with E-state index >= 15 is 0 Å². The highest BCUT2D eigenvalue weighted by Crippen LogP contribution is 2.72. The Morgan fingerprint density at radius 2 is 1.67 bits per heavy atom. The molecule has 1 aromatic carbocycles. The number of para-hydroxylation sites is 1. The number of carbonyl (C=O) groups excluding carboxylic acids is 1. The molecule has 21 heavy (non-hydrogen) atoms. The minimum absolute atomic E-state index is 0.0338. The van der Waals surface area contributed by atoms with E-state index in [-0.39, 0.29) is 23.2 Å². The molecule has 1 unspecified atom stereocenters. The van der Waals surface area contributed by atoms with Gasteiger partial charge in [-0.25, -0.2) is 0 Å². The van der Waals surface area contributed by atoms with Gasteiger partial charge in [0, 0.05) is 5.69 Å². The molecule has 4 rings (SSSR count). The van der Waals surface area contributed by atoms with Gasteiger partial charge in [0.25, 0.3) is 0 Å². The SMILES string of the molecule is O=C(Nc1ccccc1)C1[C@H](C(=O)O)[C@H]2C=C[C@@H]1C21CC1. The molecule has 0 aromatic heterocycles. The van der Waals surface area contributed by atoms with E-state index in [0.29, 0.717) is 0 Å². The van der Waals surface area contributed by atoms with Crippen molar-refractivity contribution in [2.75, 3.05) is 5.32 Å². The Hall–Kier alpha value is -2.10. The molecule has 4 nitrogen and oxygen atoms in total. The molecule has 2 fully saturated rings. The highest BCUT2D eigenvalue weighted by molar-refractivity contribution is 5.96. The summed E-state index contributed by atoms with van der Waals surface area (Å²) in [7, 11) is 0. The molecule has 2 saturated carbocycles. The van der Waals surface area contributed by atoms with Crippen LogP contribution in [0.1, 0.15) is 12.8 Å². The second-order valence-corrected chi connectivity index (χ2v) is 6.41. The van der Waals surface area contributed by atoms with E-state index in [1.807, 2.05) is 36.4 Å². The Morgan fingerprint density at radius 3 is 2.24 bits per heavy atom. The molecule has 1 spiro atoms. The third kappa shape index (κ3) is 1.68. The number of carbonyl (C=O) groups is 2. The van der Waals surface area contributed by atoms with Crippen LogP contribution in [0.25, 0.3) is 0 Å². The summed E-state index contributed by atoms with van der Waals surface area (Å²) in [4.78, 5) is 24.3. The van der Waals surface area contributed by atoms with Crippen LogP contribution in [0.3, 0.4) is 0 Å². The number of carboxylic acids is 1. The van der Waals surface area contributed by atoms with Crippen molar-refractivity contribution >= 4 is 17.6 Å². The second-order valence-electron chi connectivity index (χ2n) is 6.41. The molecule has 0 aliphatic heterocycles. The van der Waals surface area contributed by atoms with Gasteiger partial charge in [0.2, 0.25) is 5.91 Å². The highest BCUT2D eigenvalue weighted by atomic mass is 16.4. The van der Waals surface area contributed by atoms with Gasteiger partial charge in [0.05, 0.1) is 11.8 Å². The summed E-state index contributed by atoms with van der Waals surface area (Å²) in [6, 6.07) is 9.24. The summed E-state index contributed by atoms with van der Waals surface area (Å²) in [6.45, 7) is 0. The van der Waals surface area contributed by atoms with Crippen LogP contribution in [0.5, 0.6) is 0 Å². The number of anilines is 1. The summed E-state index contributed by atoms with van der Waals surface area (Å²) in [5, 5.41) is 12.4. The van der Waals surface area contributed by atoms with Gasteiger partial charge in [-0.05, 0) is 42.2 Å². The van der Waals surface area contributed by atoms with Crippen LogP contribution in [-0.4, -0.2) is 17.0 Å². The van der Waals surface area contributed by atoms with Crippen LogP contribution in [-0.2, 0) is 9.59 Å². The third-order valence-corrected chi connectivity index (χ3v) is 5.47. The van der Waals surface area contributed by atoms with Crippen molar-refractivity contribution < 1.29 is 14.7 Å². The van der Waals surface area contributed by atoms with Crippen molar-refractivity contribution in [1.82, 2.24) is 0 Å². The first-order valence-corrected chi connectivity index (χ1v) is 7.40. The lowest BCUT2D eigenvalue weighted by Gasteiger charge is -2.23. The molecule has 3 aliphatic rings. The highest BCUT2D eigenvalue weighted by Gasteiger charge is 2.70. The van der Waals surface area contributed by atoms with E-state index in [0.717, 1.165) is 18.5 Å². The van der Waals surface area contributed by atoms with Gasteiger partial charge < -0.3 is 10.4 Å². The molecule has 2 bridgehead atoms. The first-order valence-electron chi connectivity index (χ1n) is 7.40. The van der Waals surface area contributed by atoms with Crippen LogP contribution >= 0.6 is 0 Å². The minimum Gasteiger partial charge on any atom is -0.481 e. The van der Waals surface area contributed by atoms with E-state index < -0.39 is 17.8 Å². The molecule has 3 aliphatic carbocycles. The second kappa shape index (κ2) is 4.20. The number of amides is 1. The summed E-state index contributed by atoms with van der Waals surface area (Å²) < 4.78 is 0. The first kappa shape index (κ1) is 12.6. The minimum atomic E-state index is -0.841. The van der Waals surface area contributed by atoms with Crippen LogP contribution in [0.2, 0.25) is 0 Å². The van der Waals surface area contributed by atoms with E-state index in [4.69, 9.17) is 0 Å². The summed E-state index contributed by atoms with van der Waals surface area (Å²) >= 11 is 0. The van der Waals surface area contributed by atoms with Crippen molar-refractivity contribution in [3.63, 3.8) is 0 Å². The number of hydrogen-bond acceptors (Lipinski definition) is 2. The summed E-state index contributed by atoms with van der Waals surface area (Å²) in [5.74, 6) is -1.90. The van der Waals surface area contributed by atoms with Gasteiger partial charge in [-0.3, -0.25) is 9.59 Å². The van der Waals surface area contributed by atoms with E-state index in [1.54, 1.807) is 0 Å². The van der Waals surface area contributed by atoms with Crippen LogP contribution in [0.15, 0.2) is 42.5 Å². The fourth-order valence-corrected chi connectivity index (χ4v) is 4.44. The fraction of sp³-hybridized carbons (Fsp3) is 0.412. The molecule has 1 amide bonds. The molecule has 0 saturated heterocycles. The van der Waals surface area contributed by atoms with Gasteiger partial charge in [0.15, 0.2) is 0 Å². The maximum Gasteiger partial charge on any atom is 0.307 e. The lowest BCUT2D eigenvalue weighted by molar-refractivity contribution is -0.146. The summed E-state index contributed by atoms with van der Waals surface area (Å²) in [5.41, 5.74) is 0.796. The largest absolute Gasteiger partial charge is 0.481 e. The van der Waals surface area contributed by atoms with Crippen molar-refractivity contribution in [2.24, 2.45) is 29.1 Å². The Balaban J connectivity index is 1.63. The van der Waals surface area contributed by atoms with Crippen LogP contribution in [0.4, 0.5) is 5.69 Å². The Morgan fingerprint density at radius 1 is 1.05 bits per heavy atom. The van der Waals surface area contributed by atoms with Gasteiger partial charge in [0.1, 0.15) is 0 Å². The predicted octanol–water partition coefficient (Wildman–Crippen LogP) is 2.54. The van der Waals surface area contributed by atoms with E-state index in [1.165, 1.54) is 0 Å². The van der Waals surface area contributed by atoms with Crippen LogP contribution < -0.4 is 5.32 Å². The zero-order chi connectivity index (χ0) is 14.6. The lowest BCUT2D eigenvalue weighted by atomic mass is 9.82. The number of allylic oxidation sites excluding steroid dienone is 2. The Bertz CT molecular complexity index is 633. The maximum absolute atomic E-state index is 12.6. The number of hydrogen-bond donors (Lipinski definition) is 2. The smallest absolute Gasteiger partial charge is 0.307 e. The maximum atomic E-state index is 12.6. The zero-order valence-electron chi connectivity index (χ0n) is 11.5. The molecular formula is C17H17NO3. The summed E-state index contributed by atoms with van der Waals surface area (Å²) in [6.07, 6.45) is 6.21. The van der Waals surface area contributed by atoms with Crippen molar-refractivity contribution in [3.8, 4) is 0 Å². The molecule has 4 atom stereocenters. The molecule has 2 N–H and O–H groups in total. The van der Waals surface area contributed by atoms with Crippen LogP contribution in [0, 0.1) is 29.1 Å². The van der Waals surface area contributed by atoms with E-state index in [9.17, 15) is 14.7 Å². The number of rotatable bonds is 3. The number of nitrogens with one attached hydrogen (secondary N) is 1. The third-order valence-electron chi connectivity index (χ3n) is 5.47. The molecule has 0 radical (unpaired) electrons. The van der Waals surface area contributed by atoms with Gasteiger partial charge in [-0.1, -0.05) is 30.4 Å². The quantitative estimate of drug-likeness (QED) is 0.838. The monoisotopic (exact) mass is 283 g/mol. The molecule has 108 valence electrons. The average Bonchev–Trinajstić information content (AvgIpc) is 3.13. The number of carboxylic acid groups (broad SMARTS) is 1. The zero-order valence-corrected chi connectivity index (χ0v) is 11.5. The van der Waals surface area contributed by atoms with Crippen molar-refractivity contribution in [2.45, 2.75) is 12.8 Å². The standard InChI is InChI=1S/C17H17NO3/c19-15(18-10-4-2-1-3-5-10)13-11-6-7-12(14(13)16(20)21)17(11)8-9-17/h1-7,11-14H,8-9H2,(H,18,19)(H,20,21)/t11-,12+,13?,14+/m0/s1. The molecule has 0 heterocycles. The molecule has 1 aromatic rings. The molecular weight excluding hydrogens is 266 g/mol. The van der Waals surface area contributed by atoms with E-state index in [2.05, 4.69) is 11.4 Å². The lowest BCUT2D eigenvalue weighted by Crippen LogP contribution is -2.36. The average molecular weight is 283 g/mol. The Labute approximate surface area is 122 Å². The predicted molar refractivity (Wildman–Crippen MR) is 77.5 cm³/mol. The topological polar surface area (TPSA) is 66.4 Å². The van der Waals surface area contributed by atoms with Crippen molar-refractivity contribution in [3.05, 3.63) is 42.5 Å². The van der Waals surface area contributed by atoms with Gasteiger partial charge in [-0.2, -0.15) is 0 Å². The Kier molecular flexibility index (Phi) is 2.52.